The topological polar surface area (TPSA) is 55.8 Å². The van der Waals surface area contributed by atoms with Gasteiger partial charge in [-0.05, 0) is 54.7 Å². The Balaban J connectivity index is 1.39. The van der Waals surface area contributed by atoms with Gasteiger partial charge in [0.1, 0.15) is 0 Å². The van der Waals surface area contributed by atoms with Crippen LogP contribution in [0.5, 0.6) is 0 Å². The van der Waals surface area contributed by atoms with Gasteiger partial charge >= 0.3 is 6.03 Å². The number of likely N-dealkylation sites (tertiary alicyclic amines) is 1. The number of aliphatic hydroxyl groups is 1. The SMILES string of the molecule is O=C(Nc1ccc(Cl)cc1)N1C[C@@H]2[C@H](c3ccccc31)[C@@H](CO)N2CC1CCCCC1. The molecule has 2 aliphatic heterocycles. The monoisotopic (exact) mass is 439 g/mol. The van der Waals surface area contributed by atoms with E-state index in [-0.39, 0.29) is 30.6 Å². The van der Waals surface area contributed by atoms with Gasteiger partial charge in [-0.15, -0.1) is 0 Å². The molecule has 6 heteroatoms. The second-order valence-corrected chi connectivity index (χ2v) is 9.59. The van der Waals surface area contributed by atoms with E-state index in [0.717, 1.165) is 17.9 Å². The molecule has 2 aromatic carbocycles. The Hall–Kier alpha value is -2.08. The van der Waals surface area contributed by atoms with Crippen LogP contribution in [0.4, 0.5) is 16.2 Å². The van der Waals surface area contributed by atoms with Crippen LogP contribution in [0.1, 0.15) is 43.6 Å². The lowest BCUT2D eigenvalue weighted by Gasteiger charge is -2.59. The highest BCUT2D eigenvalue weighted by molar-refractivity contribution is 6.30. The van der Waals surface area contributed by atoms with Crippen LogP contribution < -0.4 is 10.2 Å². The highest BCUT2D eigenvalue weighted by Gasteiger charge is 2.53. The average Bonchev–Trinajstić information content (AvgIpc) is 2.79. The van der Waals surface area contributed by atoms with Gasteiger partial charge in [-0.3, -0.25) is 9.80 Å². The number of carbonyl (C=O) groups excluding carboxylic acids is 1. The van der Waals surface area contributed by atoms with Crippen molar-refractivity contribution in [3.05, 3.63) is 59.1 Å². The number of halogens is 1. The Morgan fingerprint density at radius 3 is 2.55 bits per heavy atom. The lowest BCUT2D eigenvalue weighted by Crippen LogP contribution is -2.70. The van der Waals surface area contributed by atoms with Gasteiger partial charge in [-0.2, -0.15) is 0 Å². The first-order chi connectivity index (χ1) is 15.2. The van der Waals surface area contributed by atoms with Gasteiger partial charge in [0, 0.05) is 47.5 Å². The van der Waals surface area contributed by atoms with Crippen molar-refractivity contribution in [1.29, 1.82) is 0 Å². The highest BCUT2D eigenvalue weighted by Crippen LogP contribution is 2.49. The van der Waals surface area contributed by atoms with Gasteiger partial charge in [-0.25, -0.2) is 4.79 Å². The van der Waals surface area contributed by atoms with Crippen LogP contribution >= 0.6 is 11.6 Å². The minimum absolute atomic E-state index is 0.127. The van der Waals surface area contributed by atoms with Crippen LogP contribution in [0.15, 0.2) is 48.5 Å². The second kappa shape index (κ2) is 8.81. The molecule has 0 aromatic heterocycles. The number of urea groups is 1. The third-order valence-corrected chi connectivity index (χ3v) is 7.61. The summed E-state index contributed by atoms with van der Waals surface area (Å²) in [7, 11) is 0. The van der Waals surface area contributed by atoms with Gasteiger partial charge in [0.25, 0.3) is 0 Å². The van der Waals surface area contributed by atoms with Gasteiger partial charge in [0.15, 0.2) is 0 Å². The number of anilines is 2. The van der Waals surface area contributed by atoms with Crippen molar-refractivity contribution in [2.24, 2.45) is 5.92 Å². The zero-order chi connectivity index (χ0) is 21.4. The van der Waals surface area contributed by atoms with E-state index in [2.05, 4.69) is 16.3 Å². The summed E-state index contributed by atoms with van der Waals surface area (Å²) < 4.78 is 0. The fourth-order valence-corrected chi connectivity index (χ4v) is 5.95. The maximum Gasteiger partial charge on any atom is 0.326 e. The summed E-state index contributed by atoms with van der Waals surface area (Å²) in [5.41, 5.74) is 2.85. The van der Waals surface area contributed by atoms with Crippen LogP contribution in [0.25, 0.3) is 0 Å². The molecular formula is C25H30ClN3O2. The third kappa shape index (κ3) is 3.95. The molecule has 3 aliphatic rings. The first-order valence-corrected chi connectivity index (χ1v) is 11.8. The number of hydrogen-bond acceptors (Lipinski definition) is 3. The van der Waals surface area contributed by atoms with Crippen molar-refractivity contribution in [3.8, 4) is 0 Å². The smallest absolute Gasteiger partial charge is 0.326 e. The standard InChI is InChI=1S/C25H30ClN3O2/c26-18-10-12-19(13-11-18)27-25(31)29-15-22-24(20-8-4-5-9-21(20)29)23(16-30)28(22)14-17-6-2-1-3-7-17/h4-5,8-13,17,22-24,30H,1-3,6-7,14-16H2,(H,27,31)/t22-,23-,24+/m1/s1. The molecule has 0 spiro atoms. The Labute approximate surface area is 189 Å². The molecular weight excluding hydrogens is 410 g/mol. The molecule has 0 radical (unpaired) electrons. The minimum Gasteiger partial charge on any atom is -0.395 e. The summed E-state index contributed by atoms with van der Waals surface area (Å²) in [6, 6.07) is 15.6. The summed E-state index contributed by atoms with van der Waals surface area (Å²) in [4.78, 5) is 17.6. The van der Waals surface area contributed by atoms with Crippen molar-refractivity contribution in [2.45, 2.75) is 50.1 Å². The molecule has 0 unspecified atom stereocenters. The number of nitrogens with one attached hydrogen (secondary N) is 1. The van der Waals surface area contributed by atoms with E-state index < -0.39 is 0 Å². The molecule has 2 aromatic rings. The number of fused-ring (bicyclic) bond motifs is 3. The van der Waals surface area contributed by atoms with E-state index in [4.69, 9.17) is 11.6 Å². The average molecular weight is 440 g/mol. The highest BCUT2D eigenvalue weighted by atomic mass is 35.5. The van der Waals surface area contributed by atoms with Crippen LogP contribution in [0.2, 0.25) is 5.02 Å². The molecule has 164 valence electrons. The van der Waals surface area contributed by atoms with E-state index in [1.165, 1.54) is 37.7 Å². The quantitative estimate of drug-likeness (QED) is 0.696. The van der Waals surface area contributed by atoms with Crippen molar-refractivity contribution >= 4 is 29.0 Å². The number of rotatable bonds is 4. The zero-order valence-electron chi connectivity index (χ0n) is 17.7. The third-order valence-electron chi connectivity index (χ3n) is 7.36. The number of aliphatic hydroxyl groups excluding tert-OH is 1. The number of benzene rings is 2. The van der Waals surface area contributed by atoms with Crippen molar-refractivity contribution < 1.29 is 9.90 Å². The Kier molecular flexibility index (Phi) is 5.91. The van der Waals surface area contributed by atoms with E-state index in [9.17, 15) is 9.90 Å². The maximum absolute atomic E-state index is 13.3. The first-order valence-electron chi connectivity index (χ1n) is 11.5. The van der Waals surface area contributed by atoms with E-state index in [1.54, 1.807) is 12.1 Å². The van der Waals surface area contributed by atoms with Crippen LogP contribution in [-0.2, 0) is 0 Å². The van der Waals surface area contributed by atoms with Crippen molar-refractivity contribution in [3.63, 3.8) is 0 Å². The molecule has 2 fully saturated rings. The zero-order valence-corrected chi connectivity index (χ0v) is 18.5. The van der Waals surface area contributed by atoms with Crippen LogP contribution in [0, 0.1) is 5.92 Å². The van der Waals surface area contributed by atoms with Gasteiger partial charge in [0.05, 0.1) is 6.61 Å². The maximum atomic E-state index is 13.3. The van der Waals surface area contributed by atoms with Gasteiger partial charge in [0.2, 0.25) is 0 Å². The lowest BCUT2D eigenvalue weighted by molar-refractivity contribution is -0.0541. The van der Waals surface area contributed by atoms with E-state index in [1.807, 2.05) is 35.2 Å². The van der Waals surface area contributed by atoms with Crippen LogP contribution in [-0.4, -0.2) is 47.8 Å². The fraction of sp³-hybridized carbons (Fsp3) is 0.480. The molecule has 3 atom stereocenters. The number of para-hydroxylation sites is 1. The first kappa shape index (κ1) is 20.8. The number of carbonyl (C=O) groups is 1. The predicted molar refractivity (Wildman–Crippen MR) is 125 cm³/mol. The van der Waals surface area contributed by atoms with Gasteiger partial charge < -0.3 is 10.4 Å². The van der Waals surface area contributed by atoms with Crippen molar-refractivity contribution in [1.82, 2.24) is 4.90 Å². The molecule has 5 rings (SSSR count). The molecule has 1 saturated carbocycles. The molecule has 1 aliphatic carbocycles. The molecule has 31 heavy (non-hydrogen) atoms. The van der Waals surface area contributed by atoms with Crippen molar-refractivity contribution in [2.75, 3.05) is 29.9 Å². The predicted octanol–water partition coefficient (Wildman–Crippen LogP) is 5.10. The summed E-state index contributed by atoms with van der Waals surface area (Å²) in [6.07, 6.45) is 6.54. The van der Waals surface area contributed by atoms with Crippen LogP contribution in [0.3, 0.4) is 0 Å². The molecule has 2 heterocycles. The second-order valence-electron chi connectivity index (χ2n) is 9.15. The minimum atomic E-state index is -0.127. The summed E-state index contributed by atoms with van der Waals surface area (Å²) in [5.74, 6) is 0.988. The Bertz CT molecular complexity index is 929. The summed E-state index contributed by atoms with van der Waals surface area (Å²) in [6.45, 7) is 1.84. The van der Waals surface area contributed by atoms with Gasteiger partial charge in [-0.1, -0.05) is 49.1 Å². The molecule has 2 N–H and O–H groups in total. The molecule has 2 amide bonds. The molecule has 0 bridgehead atoms. The molecule has 5 nitrogen and oxygen atoms in total. The Morgan fingerprint density at radius 1 is 1.06 bits per heavy atom. The summed E-state index contributed by atoms with van der Waals surface area (Å²) in [5, 5.41) is 13.9. The van der Waals surface area contributed by atoms with E-state index >= 15 is 0 Å². The lowest BCUT2D eigenvalue weighted by atomic mass is 9.71. The largest absolute Gasteiger partial charge is 0.395 e. The number of amides is 2. The normalized spacial score (nSPS) is 26.0. The number of hydrogen-bond donors (Lipinski definition) is 2. The summed E-state index contributed by atoms with van der Waals surface area (Å²) >= 11 is 5.98. The Morgan fingerprint density at radius 2 is 1.81 bits per heavy atom. The van der Waals surface area contributed by atoms with E-state index in [0.29, 0.717) is 17.5 Å². The molecule has 1 saturated heterocycles. The number of nitrogens with zero attached hydrogens (tertiary/aromatic N) is 2. The fourth-order valence-electron chi connectivity index (χ4n) is 5.82.